The summed E-state index contributed by atoms with van der Waals surface area (Å²) in [5.74, 6) is 0.435. The maximum atomic E-state index is 10.7. The molecule has 0 aliphatic carbocycles. The van der Waals surface area contributed by atoms with Crippen molar-refractivity contribution in [2.75, 3.05) is 19.8 Å². The Morgan fingerprint density at radius 3 is 2.44 bits per heavy atom. The lowest BCUT2D eigenvalue weighted by Crippen LogP contribution is -2.27. The molecule has 0 amide bonds. The van der Waals surface area contributed by atoms with Crippen molar-refractivity contribution in [3.8, 4) is 0 Å². The molecule has 3 heteroatoms. The molecule has 1 unspecified atom stereocenters. The summed E-state index contributed by atoms with van der Waals surface area (Å²) in [4.78, 5) is 10.7. The number of carbonyl (C=O) groups is 1. The van der Waals surface area contributed by atoms with Crippen molar-refractivity contribution in [3.63, 3.8) is 0 Å². The lowest BCUT2D eigenvalue weighted by atomic mass is 10.1. The van der Waals surface area contributed by atoms with Gasteiger partial charge in [0.25, 0.3) is 0 Å². The highest BCUT2D eigenvalue weighted by Gasteiger charge is 2.13. The molecule has 1 atom stereocenters. The Bertz CT molecular complexity index is 106. The van der Waals surface area contributed by atoms with Gasteiger partial charge in [-0.3, -0.25) is 9.46 Å². The van der Waals surface area contributed by atoms with Crippen LogP contribution in [0, 0.1) is 0 Å². The molecule has 1 aliphatic rings. The fourth-order valence-corrected chi connectivity index (χ4v) is 1.65. The van der Waals surface area contributed by atoms with E-state index in [0.29, 0.717) is 5.78 Å². The van der Waals surface area contributed by atoms with Crippen LogP contribution in [0.2, 0.25) is 0 Å². The summed E-state index contributed by atoms with van der Waals surface area (Å²) in [6.07, 6.45) is 1.56. The Kier molecular flexibility index (Phi) is 2.62. The number of ketones is 1. The number of carbonyl (C=O) groups excluding carboxylic acids is 1. The summed E-state index contributed by atoms with van der Waals surface area (Å²) < 4.78 is 2.33. The number of rotatable bonds is 1. The van der Waals surface area contributed by atoms with Gasteiger partial charge in [0.2, 0.25) is 0 Å². The van der Waals surface area contributed by atoms with Gasteiger partial charge in [0.1, 0.15) is 5.78 Å². The van der Waals surface area contributed by atoms with E-state index in [4.69, 9.17) is 0 Å². The minimum Gasteiger partial charge on any atom is -0.300 e. The largest absolute Gasteiger partial charge is 0.300 e. The molecule has 9 heavy (non-hydrogen) atoms. The Morgan fingerprint density at radius 2 is 2.00 bits per heavy atom. The first-order valence-electron chi connectivity index (χ1n) is 3.27. The molecule has 1 fully saturated rings. The summed E-state index contributed by atoms with van der Waals surface area (Å²) in [5.41, 5.74) is 0. The third-order valence-electron chi connectivity index (χ3n) is 1.64. The van der Waals surface area contributed by atoms with E-state index < -0.39 is 0 Å². The van der Waals surface area contributed by atoms with Crippen molar-refractivity contribution in [1.82, 2.24) is 4.67 Å². The van der Waals surface area contributed by atoms with Gasteiger partial charge in [0.15, 0.2) is 0 Å². The molecular weight excluding hydrogens is 133 g/mol. The van der Waals surface area contributed by atoms with Crippen LogP contribution in [0.15, 0.2) is 0 Å². The minimum absolute atomic E-state index is 0.435. The zero-order valence-corrected chi connectivity index (χ0v) is 6.68. The van der Waals surface area contributed by atoms with Crippen LogP contribution in [0.25, 0.3) is 0 Å². The molecule has 0 aromatic rings. The van der Waals surface area contributed by atoms with E-state index in [1.165, 1.54) is 0 Å². The van der Waals surface area contributed by atoms with Crippen LogP contribution in [-0.2, 0) is 4.79 Å². The summed E-state index contributed by atoms with van der Waals surface area (Å²) in [7, 11) is 0.878. The average molecular weight is 145 g/mol. The molecule has 0 spiro atoms. The molecule has 2 nitrogen and oxygen atoms in total. The number of Topliss-reactive ketones (excluding diaryl/α,β-unsaturated/α-hetero) is 1. The SMILES string of the molecule is CPN1CCC(=O)CC1. The number of piperidine rings is 1. The van der Waals surface area contributed by atoms with Crippen LogP contribution in [-0.4, -0.2) is 30.2 Å². The summed E-state index contributed by atoms with van der Waals surface area (Å²) >= 11 is 0. The van der Waals surface area contributed by atoms with Gasteiger partial charge >= 0.3 is 0 Å². The van der Waals surface area contributed by atoms with E-state index in [0.717, 1.165) is 34.7 Å². The van der Waals surface area contributed by atoms with Crippen molar-refractivity contribution in [1.29, 1.82) is 0 Å². The average Bonchev–Trinajstić information content (AvgIpc) is 1.90. The van der Waals surface area contributed by atoms with Crippen molar-refractivity contribution in [2.45, 2.75) is 12.8 Å². The highest BCUT2D eigenvalue weighted by molar-refractivity contribution is 7.34. The van der Waals surface area contributed by atoms with Crippen LogP contribution in [0.1, 0.15) is 12.8 Å². The molecule has 0 aromatic heterocycles. The second kappa shape index (κ2) is 3.28. The van der Waals surface area contributed by atoms with Crippen LogP contribution in [0.4, 0.5) is 0 Å². The van der Waals surface area contributed by atoms with Crippen molar-refractivity contribution in [3.05, 3.63) is 0 Å². The van der Waals surface area contributed by atoms with Gasteiger partial charge in [-0.15, -0.1) is 0 Å². The zero-order valence-electron chi connectivity index (χ0n) is 5.68. The van der Waals surface area contributed by atoms with Gasteiger partial charge in [0, 0.05) is 25.9 Å². The van der Waals surface area contributed by atoms with E-state index in [1.54, 1.807) is 0 Å². The van der Waals surface area contributed by atoms with Gasteiger partial charge < -0.3 is 0 Å². The molecule has 1 rings (SSSR count). The molecular formula is C6H12NOP. The van der Waals surface area contributed by atoms with Gasteiger partial charge in [-0.25, -0.2) is 0 Å². The highest BCUT2D eigenvalue weighted by atomic mass is 31.1. The zero-order chi connectivity index (χ0) is 6.69. The Balaban J connectivity index is 2.26. The van der Waals surface area contributed by atoms with E-state index in [2.05, 4.69) is 11.3 Å². The lowest BCUT2D eigenvalue weighted by Gasteiger charge is -2.23. The molecule has 0 saturated carbocycles. The fourth-order valence-electron chi connectivity index (χ4n) is 0.980. The molecule has 52 valence electrons. The van der Waals surface area contributed by atoms with Gasteiger partial charge in [0.05, 0.1) is 0 Å². The molecule has 1 aliphatic heterocycles. The first-order chi connectivity index (χ1) is 4.33. The van der Waals surface area contributed by atoms with Gasteiger partial charge in [-0.05, 0) is 6.66 Å². The number of hydrogen-bond donors (Lipinski definition) is 0. The minimum atomic E-state index is 0.435. The van der Waals surface area contributed by atoms with Crippen LogP contribution >= 0.6 is 8.73 Å². The quantitative estimate of drug-likeness (QED) is 0.510. The molecule has 1 saturated heterocycles. The third kappa shape index (κ3) is 2.04. The summed E-state index contributed by atoms with van der Waals surface area (Å²) in [6.45, 7) is 4.15. The highest BCUT2D eigenvalue weighted by Crippen LogP contribution is 2.17. The second-order valence-electron chi connectivity index (χ2n) is 2.25. The molecule has 0 bridgehead atoms. The molecule has 0 N–H and O–H groups in total. The summed E-state index contributed by atoms with van der Waals surface area (Å²) in [5, 5.41) is 0. The maximum absolute atomic E-state index is 10.7. The monoisotopic (exact) mass is 145 g/mol. The van der Waals surface area contributed by atoms with Crippen molar-refractivity contribution < 1.29 is 4.79 Å². The van der Waals surface area contributed by atoms with Gasteiger partial charge in [-0.2, -0.15) is 0 Å². The molecule has 1 heterocycles. The van der Waals surface area contributed by atoms with Crippen molar-refractivity contribution >= 4 is 14.5 Å². The first-order valence-corrected chi connectivity index (χ1v) is 4.71. The lowest BCUT2D eigenvalue weighted by molar-refractivity contribution is -0.120. The predicted octanol–water partition coefficient (Wildman–Crippen LogP) is 0.875. The van der Waals surface area contributed by atoms with E-state index >= 15 is 0 Å². The number of nitrogens with zero attached hydrogens (tertiary/aromatic N) is 1. The Hall–Kier alpha value is 0.0600. The van der Waals surface area contributed by atoms with Crippen LogP contribution in [0.3, 0.4) is 0 Å². The van der Waals surface area contributed by atoms with Gasteiger partial charge in [-0.1, -0.05) is 8.73 Å². The molecule has 0 radical (unpaired) electrons. The van der Waals surface area contributed by atoms with Crippen LogP contribution < -0.4 is 0 Å². The second-order valence-corrected chi connectivity index (χ2v) is 3.33. The smallest absolute Gasteiger partial charge is 0.135 e. The first kappa shape index (κ1) is 7.17. The van der Waals surface area contributed by atoms with E-state index in [-0.39, 0.29) is 0 Å². The third-order valence-corrected chi connectivity index (χ3v) is 2.72. The normalized spacial score (nSPS) is 23.9. The molecule has 0 aromatic carbocycles. The Labute approximate surface area is 57.5 Å². The maximum Gasteiger partial charge on any atom is 0.135 e. The standard InChI is InChI=1S/C6H12NOP/c1-9-7-4-2-6(8)3-5-7/h9H,2-5H2,1H3. The van der Waals surface area contributed by atoms with E-state index in [1.807, 2.05) is 0 Å². The predicted molar refractivity (Wildman–Crippen MR) is 40.1 cm³/mol. The van der Waals surface area contributed by atoms with Crippen LogP contribution in [0.5, 0.6) is 0 Å². The topological polar surface area (TPSA) is 20.3 Å². The van der Waals surface area contributed by atoms with E-state index in [9.17, 15) is 4.79 Å². The number of hydrogen-bond acceptors (Lipinski definition) is 2. The van der Waals surface area contributed by atoms with Crippen molar-refractivity contribution in [2.24, 2.45) is 0 Å². The fraction of sp³-hybridized carbons (Fsp3) is 0.833. The summed E-state index contributed by atoms with van der Waals surface area (Å²) in [6, 6.07) is 0. The Morgan fingerprint density at radius 1 is 1.44 bits per heavy atom.